The molecule has 6 nitrogen and oxygen atoms in total. The van der Waals surface area contributed by atoms with Crippen LogP contribution >= 0.6 is 23.7 Å². The van der Waals surface area contributed by atoms with Gasteiger partial charge in [-0.15, -0.1) is 23.7 Å². The number of aromatic amines is 1. The fraction of sp³-hybridized carbons (Fsp3) is 0.562. The van der Waals surface area contributed by atoms with E-state index in [1.54, 1.807) is 11.3 Å². The second-order valence-electron chi connectivity index (χ2n) is 6.21. The Bertz CT molecular complexity index is 665. The van der Waals surface area contributed by atoms with E-state index >= 15 is 0 Å². The number of hydrogen-bond donors (Lipinski definition) is 2. The standard InChI is InChI=1S/C16H23N5OS.ClH/c1-11-5-14(20-19-11)6-16(22)21(8-13-3-4-17-7-13)9-15-12(2)18-10-23-15;/h5,10,13,17H,3-4,6-9H2,1-2H3,(H,19,20);1H. The van der Waals surface area contributed by atoms with Gasteiger partial charge in [0.1, 0.15) is 0 Å². The number of rotatable bonds is 6. The van der Waals surface area contributed by atoms with Gasteiger partial charge in [-0.1, -0.05) is 0 Å². The predicted molar refractivity (Wildman–Crippen MR) is 97.5 cm³/mol. The molecule has 2 aromatic heterocycles. The van der Waals surface area contributed by atoms with Gasteiger partial charge in [0.15, 0.2) is 0 Å². The zero-order chi connectivity index (χ0) is 16.2. The van der Waals surface area contributed by atoms with E-state index in [1.807, 2.05) is 30.3 Å². The number of nitrogens with one attached hydrogen (secondary N) is 2. The minimum Gasteiger partial charge on any atom is -0.337 e. The van der Waals surface area contributed by atoms with E-state index in [9.17, 15) is 4.79 Å². The summed E-state index contributed by atoms with van der Waals surface area (Å²) in [5, 5.41) is 10.5. The van der Waals surface area contributed by atoms with Gasteiger partial charge in [0.2, 0.25) is 5.91 Å². The molecule has 0 saturated carbocycles. The lowest BCUT2D eigenvalue weighted by molar-refractivity contribution is -0.131. The van der Waals surface area contributed by atoms with Crippen molar-refractivity contribution in [3.05, 3.63) is 33.5 Å². The van der Waals surface area contributed by atoms with Crippen LogP contribution in [-0.2, 0) is 17.8 Å². The van der Waals surface area contributed by atoms with Gasteiger partial charge in [-0.3, -0.25) is 9.89 Å². The van der Waals surface area contributed by atoms with Crippen LogP contribution in [0, 0.1) is 19.8 Å². The largest absolute Gasteiger partial charge is 0.337 e. The second kappa shape index (κ2) is 8.60. The molecule has 1 aliphatic heterocycles. The first-order valence-corrected chi connectivity index (χ1v) is 8.88. The molecule has 0 aliphatic carbocycles. The van der Waals surface area contributed by atoms with E-state index < -0.39 is 0 Å². The molecule has 3 rings (SSSR count). The van der Waals surface area contributed by atoms with E-state index in [4.69, 9.17) is 0 Å². The normalized spacial score (nSPS) is 16.8. The smallest absolute Gasteiger partial charge is 0.228 e. The molecule has 3 heterocycles. The number of halogens is 1. The Labute approximate surface area is 152 Å². The minimum absolute atomic E-state index is 0. The number of aromatic nitrogens is 3. The number of aryl methyl sites for hydroxylation is 2. The number of amides is 1. The Morgan fingerprint density at radius 3 is 2.88 bits per heavy atom. The molecule has 1 saturated heterocycles. The number of thiazole rings is 1. The highest BCUT2D eigenvalue weighted by Crippen LogP contribution is 2.19. The monoisotopic (exact) mass is 369 g/mol. The maximum atomic E-state index is 12.8. The van der Waals surface area contributed by atoms with Crippen molar-refractivity contribution in [1.82, 2.24) is 25.4 Å². The first-order chi connectivity index (χ1) is 11.1. The number of carbonyl (C=O) groups excluding carboxylic acids is 1. The van der Waals surface area contributed by atoms with E-state index in [2.05, 4.69) is 20.5 Å². The predicted octanol–water partition coefficient (Wildman–Crippen LogP) is 2.09. The summed E-state index contributed by atoms with van der Waals surface area (Å²) >= 11 is 1.62. The van der Waals surface area contributed by atoms with Crippen molar-refractivity contribution >= 4 is 29.7 Å². The number of H-pyrrole nitrogens is 1. The van der Waals surface area contributed by atoms with Gasteiger partial charge in [0.25, 0.3) is 0 Å². The third-order valence-electron chi connectivity index (χ3n) is 4.26. The van der Waals surface area contributed by atoms with Gasteiger partial charge in [0, 0.05) is 17.1 Å². The van der Waals surface area contributed by atoms with Crippen LogP contribution < -0.4 is 5.32 Å². The molecule has 24 heavy (non-hydrogen) atoms. The zero-order valence-corrected chi connectivity index (χ0v) is 15.7. The van der Waals surface area contributed by atoms with Gasteiger partial charge >= 0.3 is 0 Å². The molecular formula is C16H24ClN5OS. The van der Waals surface area contributed by atoms with Gasteiger partial charge in [-0.2, -0.15) is 5.10 Å². The van der Waals surface area contributed by atoms with Crippen molar-refractivity contribution in [1.29, 1.82) is 0 Å². The van der Waals surface area contributed by atoms with Crippen LogP contribution in [0.1, 0.15) is 28.4 Å². The van der Waals surface area contributed by atoms with Crippen molar-refractivity contribution in [2.45, 2.75) is 33.2 Å². The van der Waals surface area contributed by atoms with Crippen LogP contribution in [0.25, 0.3) is 0 Å². The van der Waals surface area contributed by atoms with Crippen molar-refractivity contribution in [3.63, 3.8) is 0 Å². The Morgan fingerprint density at radius 1 is 1.46 bits per heavy atom. The number of hydrogen-bond acceptors (Lipinski definition) is 5. The molecule has 8 heteroatoms. The molecule has 0 aromatic carbocycles. The molecule has 1 atom stereocenters. The van der Waals surface area contributed by atoms with Crippen LogP contribution in [0.3, 0.4) is 0 Å². The quantitative estimate of drug-likeness (QED) is 0.817. The van der Waals surface area contributed by atoms with E-state index in [0.29, 0.717) is 18.9 Å². The summed E-state index contributed by atoms with van der Waals surface area (Å²) in [4.78, 5) is 20.2. The molecule has 1 amide bonds. The van der Waals surface area contributed by atoms with E-state index in [1.165, 1.54) is 4.88 Å². The lowest BCUT2D eigenvalue weighted by atomic mass is 10.1. The summed E-state index contributed by atoms with van der Waals surface area (Å²) < 4.78 is 0. The summed E-state index contributed by atoms with van der Waals surface area (Å²) in [5.74, 6) is 0.671. The first-order valence-electron chi connectivity index (χ1n) is 8.00. The van der Waals surface area contributed by atoms with Gasteiger partial charge < -0.3 is 10.2 Å². The van der Waals surface area contributed by atoms with Crippen LogP contribution in [0.15, 0.2) is 11.6 Å². The molecule has 2 aromatic rings. The van der Waals surface area contributed by atoms with Crippen molar-refractivity contribution in [2.24, 2.45) is 5.92 Å². The summed E-state index contributed by atoms with van der Waals surface area (Å²) in [6.07, 6.45) is 1.48. The average Bonchev–Trinajstić information content (AvgIpc) is 3.23. The summed E-state index contributed by atoms with van der Waals surface area (Å²) in [6.45, 7) is 7.44. The maximum Gasteiger partial charge on any atom is 0.228 e. The Hall–Kier alpha value is -1.44. The maximum absolute atomic E-state index is 12.8. The summed E-state index contributed by atoms with van der Waals surface area (Å²) in [5.41, 5.74) is 4.66. The summed E-state index contributed by atoms with van der Waals surface area (Å²) in [6, 6.07) is 1.94. The van der Waals surface area contributed by atoms with Gasteiger partial charge in [-0.25, -0.2) is 4.98 Å². The number of nitrogens with zero attached hydrogens (tertiary/aromatic N) is 3. The van der Waals surface area contributed by atoms with Crippen LogP contribution in [0.2, 0.25) is 0 Å². The lowest BCUT2D eigenvalue weighted by Gasteiger charge is -2.25. The van der Waals surface area contributed by atoms with Gasteiger partial charge in [0.05, 0.1) is 29.9 Å². The second-order valence-corrected chi connectivity index (χ2v) is 7.15. The van der Waals surface area contributed by atoms with Gasteiger partial charge in [-0.05, 0) is 45.3 Å². The van der Waals surface area contributed by atoms with E-state index in [0.717, 1.165) is 43.1 Å². The fourth-order valence-corrected chi connectivity index (χ4v) is 3.71. The highest BCUT2D eigenvalue weighted by molar-refractivity contribution is 7.09. The topological polar surface area (TPSA) is 73.9 Å². The fourth-order valence-electron chi connectivity index (χ4n) is 2.92. The molecular weight excluding hydrogens is 346 g/mol. The molecule has 2 N–H and O–H groups in total. The first kappa shape index (κ1) is 18.9. The Balaban J connectivity index is 0.00000208. The minimum atomic E-state index is 0. The molecule has 1 aliphatic rings. The zero-order valence-electron chi connectivity index (χ0n) is 14.0. The molecule has 132 valence electrons. The van der Waals surface area contributed by atoms with Crippen LogP contribution in [-0.4, -0.2) is 45.6 Å². The third-order valence-corrected chi connectivity index (χ3v) is 5.18. The molecule has 0 spiro atoms. The van der Waals surface area contributed by atoms with Crippen molar-refractivity contribution < 1.29 is 4.79 Å². The number of carbonyl (C=O) groups is 1. The molecule has 1 unspecified atom stereocenters. The van der Waals surface area contributed by atoms with Crippen LogP contribution in [0.5, 0.6) is 0 Å². The van der Waals surface area contributed by atoms with Crippen LogP contribution in [0.4, 0.5) is 0 Å². The third kappa shape index (κ3) is 4.78. The Kier molecular flexibility index (Phi) is 6.77. The van der Waals surface area contributed by atoms with Crippen molar-refractivity contribution in [2.75, 3.05) is 19.6 Å². The van der Waals surface area contributed by atoms with Crippen molar-refractivity contribution in [3.8, 4) is 0 Å². The lowest BCUT2D eigenvalue weighted by Crippen LogP contribution is -2.36. The van der Waals surface area contributed by atoms with E-state index in [-0.39, 0.29) is 18.3 Å². The highest BCUT2D eigenvalue weighted by atomic mass is 35.5. The molecule has 0 radical (unpaired) electrons. The molecule has 1 fully saturated rings. The molecule has 0 bridgehead atoms. The SMILES string of the molecule is Cc1cc(CC(=O)N(Cc2scnc2C)CC2CCNC2)n[nH]1.Cl. The average molecular weight is 370 g/mol. The Morgan fingerprint density at radius 2 is 2.29 bits per heavy atom. The highest BCUT2D eigenvalue weighted by Gasteiger charge is 2.23. The summed E-state index contributed by atoms with van der Waals surface area (Å²) in [7, 11) is 0.